The number of nitriles is 1. The predicted molar refractivity (Wildman–Crippen MR) is 81.1 cm³/mol. The molecule has 0 radical (unpaired) electrons. The summed E-state index contributed by atoms with van der Waals surface area (Å²) >= 11 is 5.63. The van der Waals surface area contributed by atoms with Crippen molar-refractivity contribution in [2.45, 2.75) is 12.3 Å². The second-order valence-corrected chi connectivity index (χ2v) is 5.14. The molecule has 0 aliphatic heterocycles. The summed E-state index contributed by atoms with van der Waals surface area (Å²) in [5.74, 6) is 0.199. The second-order valence-electron chi connectivity index (χ2n) is 4.76. The largest absolute Gasteiger partial charge is 0.416 e. The Bertz CT molecular complexity index is 709. The maximum Gasteiger partial charge on any atom is 0.416 e. The van der Waals surface area contributed by atoms with E-state index < -0.39 is 17.8 Å². The quantitative estimate of drug-likeness (QED) is 0.724. The highest BCUT2D eigenvalue weighted by atomic mass is 35.5. The first-order valence-electron chi connectivity index (χ1n) is 6.81. The Labute approximate surface area is 137 Å². The van der Waals surface area contributed by atoms with Crippen molar-refractivity contribution in [3.8, 4) is 6.07 Å². The Morgan fingerprint density at radius 1 is 1.13 bits per heavy atom. The number of benzene rings is 2. The van der Waals surface area contributed by atoms with Gasteiger partial charge in [-0.25, -0.2) is 0 Å². The lowest BCUT2D eigenvalue weighted by molar-refractivity contribution is -0.137. The third-order valence-electron chi connectivity index (χ3n) is 3.24. The average Bonchev–Trinajstić information content (AvgIpc) is 2.55. The van der Waals surface area contributed by atoms with E-state index in [0.717, 1.165) is 12.1 Å². The standard InChI is InChI=1S/C17H13ClF3NO/c18-8-9-23-16(15-7-2-1-4-13(15)11-22)12-5-3-6-14(10-12)17(19,20)21/h1-7,10,16H,8-9H2. The molecule has 1 atom stereocenters. The van der Waals surface area contributed by atoms with E-state index >= 15 is 0 Å². The van der Waals surface area contributed by atoms with Crippen molar-refractivity contribution in [3.63, 3.8) is 0 Å². The number of alkyl halides is 4. The minimum absolute atomic E-state index is 0.155. The van der Waals surface area contributed by atoms with Gasteiger partial charge in [-0.15, -0.1) is 11.6 Å². The van der Waals surface area contributed by atoms with E-state index in [1.807, 2.05) is 6.07 Å². The van der Waals surface area contributed by atoms with Gasteiger partial charge < -0.3 is 4.74 Å². The van der Waals surface area contributed by atoms with Gasteiger partial charge in [0.25, 0.3) is 0 Å². The molecule has 0 fully saturated rings. The maximum absolute atomic E-state index is 12.9. The van der Waals surface area contributed by atoms with Crippen LogP contribution in [0.3, 0.4) is 0 Å². The topological polar surface area (TPSA) is 33.0 Å². The molecule has 0 saturated carbocycles. The summed E-state index contributed by atoms with van der Waals surface area (Å²) in [5, 5.41) is 9.21. The Kier molecular flexibility index (Phi) is 5.64. The molecule has 0 aromatic heterocycles. The number of hydrogen-bond donors (Lipinski definition) is 0. The van der Waals surface area contributed by atoms with Crippen LogP contribution < -0.4 is 0 Å². The molecule has 0 aliphatic carbocycles. The first-order chi connectivity index (χ1) is 11.0. The molecule has 120 valence electrons. The molecule has 0 bridgehead atoms. The summed E-state index contributed by atoms with van der Waals surface area (Å²) in [6.07, 6.45) is -5.23. The smallest absolute Gasteiger partial charge is 0.368 e. The molecule has 2 nitrogen and oxygen atoms in total. The molecule has 23 heavy (non-hydrogen) atoms. The summed E-state index contributed by atoms with van der Waals surface area (Å²) in [4.78, 5) is 0. The van der Waals surface area contributed by atoms with Crippen LogP contribution in [-0.4, -0.2) is 12.5 Å². The van der Waals surface area contributed by atoms with Crippen LogP contribution in [0.1, 0.15) is 28.4 Å². The second kappa shape index (κ2) is 7.49. The summed E-state index contributed by atoms with van der Waals surface area (Å²) in [6.45, 7) is 0.155. The molecule has 0 saturated heterocycles. The van der Waals surface area contributed by atoms with Gasteiger partial charge in [0.15, 0.2) is 0 Å². The van der Waals surface area contributed by atoms with E-state index in [4.69, 9.17) is 16.3 Å². The lowest BCUT2D eigenvalue weighted by Crippen LogP contribution is -2.12. The van der Waals surface area contributed by atoms with Crippen LogP contribution in [0, 0.1) is 11.3 Å². The molecule has 0 N–H and O–H groups in total. The number of rotatable bonds is 5. The van der Waals surface area contributed by atoms with Crippen LogP contribution in [0.25, 0.3) is 0 Å². The Hall–Kier alpha value is -2.03. The fourth-order valence-corrected chi connectivity index (χ4v) is 2.32. The molecule has 0 aliphatic rings. The molecule has 0 heterocycles. The van der Waals surface area contributed by atoms with Crippen molar-refractivity contribution < 1.29 is 17.9 Å². The van der Waals surface area contributed by atoms with Crippen molar-refractivity contribution in [2.24, 2.45) is 0 Å². The molecule has 2 aromatic carbocycles. The highest BCUT2D eigenvalue weighted by Crippen LogP contribution is 2.34. The monoisotopic (exact) mass is 339 g/mol. The van der Waals surface area contributed by atoms with Gasteiger partial charge in [0.05, 0.1) is 23.8 Å². The molecule has 0 spiro atoms. The van der Waals surface area contributed by atoms with Crippen LogP contribution in [0.4, 0.5) is 13.2 Å². The summed E-state index contributed by atoms with van der Waals surface area (Å²) in [6, 6.07) is 13.6. The van der Waals surface area contributed by atoms with Crippen LogP contribution >= 0.6 is 11.6 Å². The Morgan fingerprint density at radius 2 is 1.87 bits per heavy atom. The summed E-state index contributed by atoms with van der Waals surface area (Å²) in [7, 11) is 0. The van der Waals surface area contributed by atoms with Crippen LogP contribution in [0.2, 0.25) is 0 Å². The summed E-state index contributed by atoms with van der Waals surface area (Å²) < 4.78 is 44.4. The summed E-state index contributed by atoms with van der Waals surface area (Å²) in [5.41, 5.74) is 0.431. The van der Waals surface area contributed by atoms with Gasteiger partial charge in [0.2, 0.25) is 0 Å². The van der Waals surface area contributed by atoms with Gasteiger partial charge in [-0.2, -0.15) is 18.4 Å². The van der Waals surface area contributed by atoms with E-state index in [1.54, 1.807) is 30.3 Å². The first-order valence-corrected chi connectivity index (χ1v) is 7.34. The normalized spacial score (nSPS) is 12.7. The fourth-order valence-electron chi connectivity index (χ4n) is 2.23. The van der Waals surface area contributed by atoms with Crippen molar-refractivity contribution in [3.05, 3.63) is 70.8 Å². The van der Waals surface area contributed by atoms with Crippen molar-refractivity contribution in [1.29, 1.82) is 5.26 Å². The number of nitrogens with zero attached hydrogens (tertiary/aromatic N) is 1. The molecule has 1 unspecified atom stereocenters. The van der Waals surface area contributed by atoms with Gasteiger partial charge in [0.1, 0.15) is 6.10 Å². The Balaban J connectivity index is 2.49. The fraction of sp³-hybridized carbons (Fsp3) is 0.235. The van der Waals surface area contributed by atoms with Crippen LogP contribution in [0.5, 0.6) is 0 Å². The lowest BCUT2D eigenvalue weighted by Gasteiger charge is -2.20. The minimum atomic E-state index is -4.44. The van der Waals surface area contributed by atoms with Gasteiger partial charge >= 0.3 is 6.18 Å². The molecule has 6 heteroatoms. The van der Waals surface area contributed by atoms with E-state index in [2.05, 4.69) is 0 Å². The lowest BCUT2D eigenvalue weighted by atomic mass is 9.96. The first kappa shape index (κ1) is 17.3. The third-order valence-corrected chi connectivity index (χ3v) is 3.40. The highest BCUT2D eigenvalue weighted by molar-refractivity contribution is 6.17. The number of ether oxygens (including phenoxy) is 1. The minimum Gasteiger partial charge on any atom is -0.368 e. The van der Waals surface area contributed by atoms with Gasteiger partial charge in [-0.05, 0) is 23.8 Å². The average molecular weight is 340 g/mol. The SMILES string of the molecule is N#Cc1ccccc1C(OCCCl)c1cccc(C(F)(F)F)c1. The highest BCUT2D eigenvalue weighted by Gasteiger charge is 2.31. The molecule has 2 aromatic rings. The van der Waals surface area contributed by atoms with E-state index in [-0.39, 0.29) is 12.5 Å². The zero-order valence-corrected chi connectivity index (χ0v) is 12.7. The predicted octanol–water partition coefficient (Wildman–Crippen LogP) is 4.92. The van der Waals surface area contributed by atoms with Crippen LogP contribution in [-0.2, 0) is 10.9 Å². The molecule has 2 rings (SSSR count). The van der Waals surface area contributed by atoms with E-state index in [1.165, 1.54) is 6.07 Å². The van der Waals surface area contributed by atoms with Gasteiger partial charge in [-0.1, -0.05) is 30.3 Å². The van der Waals surface area contributed by atoms with E-state index in [9.17, 15) is 18.4 Å². The van der Waals surface area contributed by atoms with Crippen molar-refractivity contribution in [1.82, 2.24) is 0 Å². The zero-order valence-electron chi connectivity index (χ0n) is 12.0. The van der Waals surface area contributed by atoms with Crippen molar-refractivity contribution in [2.75, 3.05) is 12.5 Å². The molecular formula is C17H13ClF3NO. The molecular weight excluding hydrogens is 327 g/mol. The maximum atomic E-state index is 12.9. The zero-order chi connectivity index (χ0) is 16.9. The Morgan fingerprint density at radius 3 is 2.52 bits per heavy atom. The third kappa shape index (κ3) is 4.25. The number of hydrogen-bond acceptors (Lipinski definition) is 2. The van der Waals surface area contributed by atoms with Gasteiger partial charge in [0, 0.05) is 11.4 Å². The van der Waals surface area contributed by atoms with Gasteiger partial charge in [-0.3, -0.25) is 0 Å². The van der Waals surface area contributed by atoms with E-state index in [0.29, 0.717) is 16.7 Å². The van der Waals surface area contributed by atoms with Crippen molar-refractivity contribution >= 4 is 11.6 Å². The molecule has 0 amide bonds. The number of halogens is 4. The van der Waals surface area contributed by atoms with Crippen LogP contribution in [0.15, 0.2) is 48.5 Å².